The Morgan fingerprint density at radius 1 is 1.48 bits per heavy atom. The zero-order valence-corrected chi connectivity index (χ0v) is 13.7. The van der Waals surface area contributed by atoms with Crippen LogP contribution in [0.4, 0.5) is 5.69 Å². The molecule has 2 fully saturated rings. The minimum atomic E-state index is 0.163. The largest absolute Gasteiger partial charge is 0.399 e. The van der Waals surface area contributed by atoms with Crippen molar-refractivity contribution in [1.29, 1.82) is 0 Å². The second-order valence-corrected chi connectivity index (χ2v) is 7.39. The summed E-state index contributed by atoms with van der Waals surface area (Å²) >= 11 is 2.05. The summed E-state index contributed by atoms with van der Waals surface area (Å²) in [6, 6.07) is 8.93. The third-order valence-electron chi connectivity index (χ3n) is 4.79. The van der Waals surface area contributed by atoms with E-state index < -0.39 is 0 Å². The molecule has 0 aromatic heterocycles. The van der Waals surface area contributed by atoms with Gasteiger partial charge in [-0.15, -0.1) is 0 Å². The summed E-state index contributed by atoms with van der Waals surface area (Å²) in [7, 11) is 0. The topological polar surface area (TPSA) is 38.5 Å². The highest BCUT2D eigenvalue weighted by molar-refractivity contribution is 7.99. The molecule has 0 aliphatic carbocycles. The summed E-state index contributed by atoms with van der Waals surface area (Å²) in [5.74, 6) is 2.44. The molecule has 0 amide bonds. The van der Waals surface area contributed by atoms with Crippen molar-refractivity contribution in [1.82, 2.24) is 4.90 Å². The standard InChI is InChI=1S/C17H26N2OS/c1-2-19(12-14-4-3-5-15(18)10-14)16-6-8-20-17(11-16)7-9-21-13-17/h3-5,10,16H,2,6-9,11-13,18H2,1H3. The van der Waals surface area contributed by atoms with Gasteiger partial charge < -0.3 is 10.5 Å². The van der Waals surface area contributed by atoms with Gasteiger partial charge >= 0.3 is 0 Å². The number of ether oxygens (including phenoxy) is 1. The van der Waals surface area contributed by atoms with Crippen molar-refractivity contribution in [2.75, 3.05) is 30.4 Å². The maximum absolute atomic E-state index is 6.15. The lowest BCUT2D eigenvalue weighted by atomic mass is 9.89. The van der Waals surface area contributed by atoms with Crippen molar-refractivity contribution in [3.63, 3.8) is 0 Å². The molecule has 21 heavy (non-hydrogen) atoms. The van der Waals surface area contributed by atoms with Gasteiger partial charge in [-0.05, 0) is 49.3 Å². The molecule has 1 spiro atoms. The molecule has 2 atom stereocenters. The molecule has 2 saturated heterocycles. The second-order valence-electron chi connectivity index (χ2n) is 6.29. The fraction of sp³-hybridized carbons (Fsp3) is 0.647. The molecule has 2 N–H and O–H groups in total. The fourth-order valence-corrected chi connectivity index (χ4v) is 4.98. The molecule has 116 valence electrons. The molecule has 4 heteroatoms. The van der Waals surface area contributed by atoms with E-state index in [2.05, 4.69) is 30.0 Å². The van der Waals surface area contributed by atoms with Crippen molar-refractivity contribution >= 4 is 17.4 Å². The molecule has 2 unspecified atom stereocenters. The highest BCUT2D eigenvalue weighted by Crippen LogP contribution is 2.39. The fourth-order valence-electron chi connectivity index (χ4n) is 3.60. The van der Waals surface area contributed by atoms with E-state index in [1.807, 2.05) is 17.8 Å². The Morgan fingerprint density at radius 2 is 2.38 bits per heavy atom. The van der Waals surface area contributed by atoms with Crippen LogP contribution in [0, 0.1) is 0 Å². The first-order valence-corrected chi connectivity index (χ1v) is 9.16. The van der Waals surface area contributed by atoms with Crippen LogP contribution in [0.5, 0.6) is 0 Å². The summed E-state index contributed by atoms with van der Waals surface area (Å²) in [5.41, 5.74) is 8.25. The predicted molar refractivity (Wildman–Crippen MR) is 90.6 cm³/mol. The first-order valence-electron chi connectivity index (χ1n) is 8.01. The van der Waals surface area contributed by atoms with Crippen LogP contribution in [0.25, 0.3) is 0 Å². The van der Waals surface area contributed by atoms with Gasteiger partial charge in [0.1, 0.15) is 0 Å². The summed E-state index contributed by atoms with van der Waals surface area (Å²) in [6.07, 6.45) is 3.57. The van der Waals surface area contributed by atoms with E-state index in [1.54, 1.807) is 0 Å². The van der Waals surface area contributed by atoms with E-state index >= 15 is 0 Å². The van der Waals surface area contributed by atoms with Gasteiger partial charge in [-0.1, -0.05) is 19.1 Å². The maximum Gasteiger partial charge on any atom is 0.0795 e. The first kappa shape index (κ1) is 15.2. The van der Waals surface area contributed by atoms with Gasteiger partial charge in [0.05, 0.1) is 5.60 Å². The Hall–Kier alpha value is -0.710. The smallest absolute Gasteiger partial charge is 0.0795 e. The monoisotopic (exact) mass is 306 g/mol. The normalized spacial score (nSPS) is 29.3. The van der Waals surface area contributed by atoms with E-state index in [4.69, 9.17) is 10.5 Å². The van der Waals surface area contributed by atoms with Crippen molar-refractivity contribution in [3.8, 4) is 0 Å². The van der Waals surface area contributed by atoms with E-state index in [1.165, 1.54) is 29.9 Å². The molecule has 3 rings (SSSR count). The van der Waals surface area contributed by atoms with Gasteiger partial charge in [-0.3, -0.25) is 4.90 Å². The lowest BCUT2D eigenvalue weighted by Crippen LogP contribution is -2.48. The van der Waals surface area contributed by atoms with Crippen molar-refractivity contribution in [2.45, 2.75) is 44.4 Å². The molecular formula is C17H26N2OS. The summed E-state index contributed by atoms with van der Waals surface area (Å²) in [5, 5.41) is 0. The van der Waals surface area contributed by atoms with Crippen LogP contribution >= 0.6 is 11.8 Å². The molecular weight excluding hydrogens is 280 g/mol. The van der Waals surface area contributed by atoms with Crippen LogP contribution in [0.3, 0.4) is 0 Å². The van der Waals surface area contributed by atoms with Gasteiger partial charge in [0.2, 0.25) is 0 Å². The number of hydrogen-bond acceptors (Lipinski definition) is 4. The highest BCUT2D eigenvalue weighted by atomic mass is 32.2. The predicted octanol–water partition coefficient (Wildman–Crippen LogP) is 3.15. The Bertz CT molecular complexity index is 474. The summed E-state index contributed by atoms with van der Waals surface area (Å²) in [4.78, 5) is 2.60. The number of nitrogens with zero attached hydrogens (tertiary/aromatic N) is 1. The number of thioether (sulfide) groups is 1. The van der Waals surface area contributed by atoms with Crippen LogP contribution < -0.4 is 5.73 Å². The molecule has 0 saturated carbocycles. The zero-order chi connectivity index (χ0) is 14.7. The van der Waals surface area contributed by atoms with E-state index in [0.29, 0.717) is 6.04 Å². The zero-order valence-electron chi connectivity index (χ0n) is 12.9. The molecule has 0 radical (unpaired) electrons. The average Bonchev–Trinajstić information content (AvgIpc) is 2.92. The van der Waals surface area contributed by atoms with Crippen LogP contribution in [0.15, 0.2) is 24.3 Å². The first-order chi connectivity index (χ1) is 10.2. The Kier molecular flexibility index (Phi) is 4.77. The summed E-state index contributed by atoms with van der Waals surface area (Å²) in [6.45, 7) is 5.26. The Balaban J connectivity index is 1.67. The molecule has 2 heterocycles. The van der Waals surface area contributed by atoms with Gasteiger partial charge in [0, 0.05) is 30.6 Å². The second kappa shape index (κ2) is 6.59. The van der Waals surface area contributed by atoms with Crippen LogP contribution in [-0.2, 0) is 11.3 Å². The number of benzene rings is 1. The van der Waals surface area contributed by atoms with Gasteiger partial charge in [-0.25, -0.2) is 0 Å². The van der Waals surface area contributed by atoms with Crippen molar-refractivity contribution in [2.24, 2.45) is 0 Å². The quantitative estimate of drug-likeness (QED) is 0.867. The number of hydrogen-bond donors (Lipinski definition) is 1. The van der Waals surface area contributed by atoms with E-state index in [9.17, 15) is 0 Å². The highest BCUT2D eigenvalue weighted by Gasteiger charge is 2.41. The molecule has 1 aromatic carbocycles. The van der Waals surface area contributed by atoms with Gasteiger partial charge in [0.25, 0.3) is 0 Å². The minimum absolute atomic E-state index is 0.163. The number of nitrogens with two attached hydrogens (primary N) is 1. The van der Waals surface area contributed by atoms with Crippen molar-refractivity contribution < 1.29 is 4.74 Å². The number of nitrogen functional groups attached to an aromatic ring is 1. The lowest BCUT2D eigenvalue weighted by Gasteiger charge is -2.42. The van der Waals surface area contributed by atoms with Crippen LogP contribution in [0.2, 0.25) is 0 Å². The molecule has 2 aliphatic heterocycles. The van der Waals surface area contributed by atoms with Crippen LogP contribution in [-0.4, -0.2) is 41.2 Å². The molecule has 2 aliphatic rings. The van der Waals surface area contributed by atoms with Gasteiger partial charge in [0.15, 0.2) is 0 Å². The van der Waals surface area contributed by atoms with Crippen molar-refractivity contribution in [3.05, 3.63) is 29.8 Å². The SMILES string of the molecule is CCN(Cc1cccc(N)c1)C1CCOC2(CCSC2)C1. The minimum Gasteiger partial charge on any atom is -0.399 e. The van der Waals surface area contributed by atoms with Gasteiger partial charge in [-0.2, -0.15) is 11.8 Å². The molecule has 0 bridgehead atoms. The average molecular weight is 306 g/mol. The van der Waals surface area contributed by atoms with Crippen LogP contribution in [0.1, 0.15) is 31.7 Å². The third-order valence-corrected chi connectivity index (χ3v) is 6.02. The lowest BCUT2D eigenvalue weighted by molar-refractivity contribution is -0.0901. The Morgan fingerprint density at radius 3 is 3.10 bits per heavy atom. The molecule has 3 nitrogen and oxygen atoms in total. The number of anilines is 1. The number of rotatable bonds is 4. The third kappa shape index (κ3) is 3.55. The maximum atomic E-state index is 6.15. The van der Waals surface area contributed by atoms with E-state index in [0.717, 1.165) is 31.8 Å². The molecule has 1 aromatic rings. The Labute approximate surface area is 132 Å². The van der Waals surface area contributed by atoms with E-state index in [-0.39, 0.29) is 5.60 Å². The summed E-state index contributed by atoms with van der Waals surface area (Å²) < 4.78 is 6.15.